The number of amides is 1. The Hall–Kier alpha value is -1.06. The minimum absolute atomic E-state index is 0. The first kappa shape index (κ1) is 15.3. The molecular formula is C16H23ClN2O. The van der Waals surface area contributed by atoms with Crippen molar-refractivity contribution < 1.29 is 4.79 Å². The second-order valence-electron chi connectivity index (χ2n) is 5.71. The fourth-order valence-corrected chi connectivity index (χ4v) is 3.51. The van der Waals surface area contributed by atoms with E-state index in [1.54, 1.807) is 0 Å². The van der Waals surface area contributed by atoms with Crippen LogP contribution in [0.2, 0.25) is 0 Å². The summed E-state index contributed by atoms with van der Waals surface area (Å²) in [7, 11) is 0. The largest absolute Gasteiger partial charge is 0.355 e. The summed E-state index contributed by atoms with van der Waals surface area (Å²) in [6, 6.07) is 8.63. The highest BCUT2D eigenvalue weighted by Gasteiger charge is 2.61. The molecule has 20 heavy (non-hydrogen) atoms. The van der Waals surface area contributed by atoms with Crippen molar-refractivity contribution in [3.63, 3.8) is 0 Å². The molecule has 3 nitrogen and oxygen atoms in total. The normalized spacial score (nSPS) is 25.9. The van der Waals surface area contributed by atoms with E-state index in [1.807, 2.05) is 0 Å². The molecule has 0 bridgehead atoms. The number of aryl methyl sites for hydroxylation is 1. The molecule has 0 heterocycles. The number of halogens is 1. The molecule has 4 heteroatoms. The maximum absolute atomic E-state index is 12.2. The van der Waals surface area contributed by atoms with Crippen LogP contribution in [0.3, 0.4) is 0 Å². The lowest BCUT2D eigenvalue weighted by Crippen LogP contribution is -2.34. The third kappa shape index (κ3) is 2.57. The molecule has 0 aliphatic heterocycles. The van der Waals surface area contributed by atoms with Crippen LogP contribution >= 0.6 is 12.4 Å². The van der Waals surface area contributed by atoms with Crippen molar-refractivity contribution in [2.45, 2.75) is 31.6 Å². The maximum atomic E-state index is 12.2. The molecule has 2 unspecified atom stereocenters. The Morgan fingerprint density at radius 2 is 2.15 bits per heavy atom. The Morgan fingerprint density at radius 3 is 2.95 bits per heavy atom. The number of likely N-dealkylation sites (N-methyl/N-ethyl adjacent to an activating group) is 1. The Bertz CT molecular complexity index is 491. The molecule has 2 N–H and O–H groups in total. The van der Waals surface area contributed by atoms with Crippen LogP contribution in [0.15, 0.2) is 24.3 Å². The van der Waals surface area contributed by atoms with Crippen LogP contribution in [-0.2, 0) is 16.6 Å². The monoisotopic (exact) mass is 294 g/mol. The summed E-state index contributed by atoms with van der Waals surface area (Å²) in [5, 5.41) is 6.28. The van der Waals surface area contributed by atoms with Gasteiger partial charge >= 0.3 is 0 Å². The molecule has 2 atom stereocenters. The topological polar surface area (TPSA) is 41.1 Å². The Labute approximate surface area is 126 Å². The average Bonchev–Trinajstić information content (AvgIpc) is 3.06. The molecular weight excluding hydrogens is 272 g/mol. The van der Waals surface area contributed by atoms with Gasteiger partial charge in [0.1, 0.15) is 0 Å². The highest BCUT2D eigenvalue weighted by molar-refractivity contribution is 5.85. The van der Waals surface area contributed by atoms with Crippen LogP contribution in [-0.4, -0.2) is 25.5 Å². The van der Waals surface area contributed by atoms with Crippen molar-refractivity contribution in [1.29, 1.82) is 0 Å². The van der Waals surface area contributed by atoms with Crippen LogP contribution in [0.5, 0.6) is 0 Å². The van der Waals surface area contributed by atoms with Gasteiger partial charge in [0.15, 0.2) is 0 Å². The number of fused-ring (bicyclic) bond motifs is 2. The Morgan fingerprint density at radius 1 is 1.35 bits per heavy atom. The van der Waals surface area contributed by atoms with Crippen molar-refractivity contribution in [2.24, 2.45) is 5.92 Å². The molecule has 3 rings (SSSR count). The molecule has 110 valence electrons. The molecule has 1 spiro atoms. The number of benzene rings is 1. The zero-order valence-electron chi connectivity index (χ0n) is 11.9. The second kappa shape index (κ2) is 6.15. The van der Waals surface area contributed by atoms with Crippen molar-refractivity contribution >= 4 is 18.3 Å². The third-order valence-corrected chi connectivity index (χ3v) is 4.64. The van der Waals surface area contributed by atoms with Gasteiger partial charge in [-0.25, -0.2) is 0 Å². The molecule has 1 aromatic rings. The van der Waals surface area contributed by atoms with Crippen molar-refractivity contribution in [1.82, 2.24) is 10.6 Å². The van der Waals surface area contributed by atoms with Gasteiger partial charge < -0.3 is 10.6 Å². The lowest BCUT2D eigenvalue weighted by Gasteiger charge is -2.11. The van der Waals surface area contributed by atoms with E-state index in [2.05, 4.69) is 41.8 Å². The summed E-state index contributed by atoms with van der Waals surface area (Å²) in [5.74, 6) is 0.451. The van der Waals surface area contributed by atoms with Crippen molar-refractivity contribution in [3.05, 3.63) is 35.4 Å². The molecule has 1 aromatic carbocycles. The van der Waals surface area contributed by atoms with Gasteiger partial charge in [-0.1, -0.05) is 31.2 Å². The zero-order chi connectivity index (χ0) is 13.3. The van der Waals surface area contributed by atoms with Crippen LogP contribution in [0, 0.1) is 5.92 Å². The summed E-state index contributed by atoms with van der Waals surface area (Å²) in [5.41, 5.74) is 3.06. The van der Waals surface area contributed by atoms with E-state index < -0.39 is 0 Å². The Kier molecular flexibility index (Phi) is 4.71. The van der Waals surface area contributed by atoms with Crippen molar-refractivity contribution in [3.8, 4) is 0 Å². The van der Waals surface area contributed by atoms with Crippen LogP contribution in [0.1, 0.15) is 30.9 Å². The van der Waals surface area contributed by atoms with E-state index in [-0.39, 0.29) is 29.6 Å². The van der Waals surface area contributed by atoms with Gasteiger partial charge in [0.05, 0.1) is 0 Å². The highest BCUT2D eigenvalue weighted by atomic mass is 35.5. The van der Waals surface area contributed by atoms with Gasteiger partial charge in [-0.05, 0) is 36.9 Å². The van der Waals surface area contributed by atoms with Gasteiger partial charge in [0.2, 0.25) is 5.91 Å². The molecule has 1 fully saturated rings. The van der Waals surface area contributed by atoms with Crippen molar-refractivity contribution in [2.75, 3.05) is 19.6 Å². The smallest absolute Gasteiger partial charge is 0.224 e. The summed E-state index contributed by atoms with van der Waals surface area (Å²) >= 11 is 0. The summed E-state index contributed by atoms with van der Waals surface area (Å²) in [4.78, 5) is 12.2. The van der Waals surface area contributed by atoms with E-state index in [1.165, 1.54) is 11.1 Å². The number of carbonyl (C=O) groups is 1. The summed E-state index contributed by atoms with van der Waals surface area (Å²) in [6.07, 6.45) is 3.33. The first-order valence-electron chi connectivity index (χ1n) is 7.35. The number of hydrogen-bond acceptors (Lipinski definition) is 2. The van der Waals surface area contributed by atoms with E-state index in [9.17, 15) is 4.79 Å². The minimum Gasteiger partial charge on any atom is -0.355 e. The van der Waals surface area contributed by atoms with Gasteiger partial charge in [-0.2, -0.15) is 0 Å². The number of hydrogen-bond donors (Lipinski definition) is 2. The molecule has 0 aromatic heterocycles. The summed E-state index contributed by atoms with van der Waals surface area (Å²) < 4.78 is 0. The van der Waals surface area contributed by atoms with Gasteiger partial charge in [0.25, 0.3) is 0 Å². The second-order valence-corrected chi connectivity index (χ2v) is 5.71. The average molecular weight is 295 g/mol. The fraction of sp³-hybridized carbons (Fsp3) is 0.562. The molecule has 0 saturated heterocycles. The van der Waals surface area contributed by atoms with Gasteiger partial charge in [-0.15, -0.1) is 12.4 Å². The molecule has 2 aliphatic carbocycles. The van der Waals surface area contributed by atoms with E-state index in [0.717, 1.165) is 38.9 Å². The standard InChI is InChI=1S/C16H22N2O.ClH/c1-2-17-9-10-18-15(19)14-11-16(14)8-7-12-5-3-4-6-13(12)16;/h3-6,14,17H,2,7-11H2,1H3,(H,18,19);1H. The molecule has 2 aliphatic rings. The molecule has 0 radical (unpaired) electrons. The van der Waals surface area contributed by atoms with E-state index >= 15 is 0 Å². The van der Waals surface area contributed by atoms with Crippen LogP contribution < -0.4 is 10.6 Å². The predicted octanol–water partition coefficient (Wildman–Crippen LogP) is 2.04. The van der Waals surface area contributed by atoms with Gasteiger partial charge in [-0.3, -0.25) is 4.79 Å². The first-order chi connectivity index (χ1) is 9.28. The van der Waals surface area contributed by atoms with Gasteiger partial charge in [0, 0.05) is 24.4 Å². The quantitative estimate of drug-likeness (QED) is 0.816. The highest BCUT2D eigenvalue weighted by Crippen LogP contribution is 2.61. The maximum Gasteiger partial charge on any atom is 0.224 e. The number of rotatable bonds is 5. The van der Waals surface area contributed by atoms with E-state index in [4.69, 9.17) is 0 Å². The predicted molar refractivity (Wildman–Crippen MR) is 83.3 cm³/mol. The molecule has 1 amide bonds. The minimum atomic E-state index is 0. The lowest BCUT2D eigenvalue weighted by molar-refractivity contribution is -0.122. The fourth-order valence-electron chi connectivity index (χ4n) is 3.51. The zero-order valence-corrected chi connectivity index (χ0v) is 12.8. The number of nitrogens with one attached hydrogen (secondary N) is 2. The lowest BCUT2D eigenvalue weighted by atomic mass is 9.95. The van der Waals surface area contributed by atoms with E-state index in [0.29, 0.717) is 0 Å². The van der Waals surface area contributed by atoms with Crippen LogP contribution in [0.4, 0.5) is 0 Å². The third-order valence-electron chi connectivity index (χ3n) is 4.64. The number of carbonyl (C=O) groups excluding carboxylic acids is 1. The SMILES string of the molecule is CCNCCNC(=O)C1CC12CCc1ccccc12.Cl. The van der Waals surface area contributed by atoms with Crippen LogP contribution in [0.25, 0.3) is 0 Å². The Balaban J connectivity index is 0.00000147. The molecule has 1 saturated carbocycles. The first-order valence-corrected chi connectivity index (χ1v) is 7.35. The summed E-state index contributed by atoms with van der Waals surface area (Å²) in [6.45, 7) is 4.63.